The standard InChI is InChI=1S/C19H14ClN3O2/c20-14-1-3-16(4-2-14)22-23-17-7-10-19(25)13(11-17)12-21-15-5-8-18(24)9-6-15/h1-12,24-25H. The van der Waals surface area contributed by atoms with E-state index in [0.29, 0.717) is 27.6 Å². The molecular formula is C19H14ClN3O2. The van der Waals surface area contributed by atoms with Gasteiger partial charge in [0.15, 0.2) is 0 Å². The van der Waals surface area contributed by atoms with Crippen LogP contribution in [0, 0.1) is 0 Å². The molecular weight excluding hydrogens is 338 g/mol. The van der Waals surface area contributed by atoms with Crippen LogP contribution in [0.15, 0.2) is 82.0 Å². The van der Waals surface area contributed by atoms with Crippen molar-refractivity contribution in [2.24, 2.45) is 15.2 Å². The van der Waals surface area contributed by atoms with Gasteiger partial charge in [0.2, 0.25) is 0 Å². The summed E-state index contributed by atoms with van der Waals surface area (Å²) in [6, 6.07) is 18.3. The van der Waals surface area contributed by atoms with Gasteiger partial charge in [0, 0.05) is 16.8 Å². The van der Waals surface area contributed by atoms with Crippen LogP contribution in [0.5, 0.6) is 11.5 Å². The molecule has 0 amide bonds. The average molecular weight is 352 g/mol. The third-order valence-electron chi connectivity index (χ3n) is 3.32. The summed E-state index contributed by atoms with van der Waals surface area (Å²) in [5, 5.41) is 28.1. The Bertz CT molecular complexity index is 920. The summed E-state index contributed by atoms with van der Waals surface area (Å²) in [6.45, 7) is 0. The molecule has 3 aromatic rings. The van der Waals surface area contributed by atoms with E-state index < -0.39 is 0 Å². The minimum Gasteiger partial charge on any atom is -0.508 e. The van der Waals surface area contributed by atoms with E-state index in [1.54, 1.807) is 60.7 Å². The van der Waals surface area contributed by atoms with E-state index in [2.05, 4.69) is 15.2 Å². The van der Waals surface area contributed by atoms with Gasteiger partial charge < -0.3 is 10.2 Å². The summed E-state index contributed by atoms with van der Waals surface area (Å²) in [7, 11) is 0. The number of aliphatic imine (C=N–C) groups is 1. The maximum absolute atomic E-state index is 9.95. The summed E-state index contributed by atoms with van der Waals surface area (Å²) in [5.74, 6) is 0.263. The highest BCUT2D eigenvalue weighted by molar-refractivity contribution is 6.30. The molecule has 0 unspecified atom stereocenters. The van der Waals surface area contributed by atoms with Gasteiger partial charge in [-0.25, -0.2) is 0 Å². The number of benzene rings is 3. The maximum Gasteiger partial charge on any atom is 0.124 e. The second-order valence-electron chi connectivity index (χ2n) is 5.19. The molecule has 25 heavy (non-hydrogen) atoms. The van der Waals surface area contributed by atoms with Gasteiger partial charge in [-0.15, -0.1) is 0 Å². The van der Waals surface area contributed by atoms with Crippen LogP contribution in [0.2, 0.25) is 5.02 Å². The van der Waals surface area contributed by atoms with Gasteiger partial charge in [-0.05, 0) is 66.7 Å². The van der Waals surface area contributed by atoms with Gasteiger partial charge in [0.1, 0.15) is 11.5 Å². The van der Waals surface area contributed by atoms with Crippen LogP contribution in [0.4, 0.5) is 17.1 Å². The largest absolute Gasteiger partial charge is 0.508 e. The molecule has 3 aromatic carbocycles. The molecule has 2 N–H and O–H groups in total. The fourth-order valence-corrected chi connectivity index (χ4v) is 2.14. The van der Waals surface area contributed by atoms with Gasteiger partial charge in [-0.3, -0.25) is 4.99 Å². The zero-order valence-corrected chi connectivity index (χ0v) is 13.8. The highest BCUT2D eigenvalue weighted by Gasteiger charge is 2.01. The minimum atomic E-state index is 0.0907. The van der Waals surface area contributed by atoms with E-state index in [-0.39, 0.29) is 11.5 Å². The number of aromatic hydroxyl groups is 2. The number of nitrogens with zero attached hydrogens (tertiary/aromatic N) is 3. The fourth-order valence-electron chi connectivity index (χ4n) is 2.01. The molecule has 0 fully saturated rings. The van der Waals surface area contributed by atoms with Crippen LogP contribution in [0.25, 0.3) is 0 Å². The van der Waals surface area contributed by atoms with Crippen molar-refractivity contribution in [2.45, 2.75) is 0 Å². The lowest BCUT2D eigenvalue weighted by Crippen LogP contribution is -1.81. The van der Waals surface area contributed by atoms with Crippen LogP contribution in [-0.2, 0) is 0 Å². The monoisotopic (exact) mass is 351 g/mol. The molecule has 0 heterocycles. The number of phenols is 2. The van der Waals surface area contributed by atoms with Crippen molar-refractivity contribution >= 4 is 34.9 Å². The fraction of sp³-hybridized carbons (Fsp3) is 0. The lowest BCUT2D eigenvalue weighted by molar-refractivity contribution is 0.474. The van der Waals surface area contributed by atoms with E-state index in [1.807, 2.05) is 0 Å². The lowest BCUT2D eigenvalue weighted by Gasteiger charge is -2.00. The van der Waals surface area contributed by atoms with Crippen LogP contribution >= 0.6 is 11.6 Å². The number of phenolic OH excluding ortho intramolecular Hbond substituents is 2. The molecule has 0 saturated heterocycles. The molecule has 124 valence electrons. The third-order valence-corrected chi connectivity index (χ3v) is 3.57. The molecule has 3 rings (SSSR count). The van der Waals surface area contributed by atoms with Crippen LogP contribution in [-0.4, -0.2) is 16.4 Å². The van der Waals surface area contributed by atoms with Crippen molar-refractivity contribution in [3.8, 4) is 11.5 Å². The summed E-state index contributed by atoms with van der Waals surface area (Å²) < 4.78 is 0. The molecule has 0 aromatic heterocycles. The lowest BCUT2D eigenvalue weighted by atomic mass is 10.2. The van der Waals surface area contributed by atoms with Crippen molar-refractivity contribution in [3.05, 3.63) is 77.3 Å². The molecule has 6 heteroatoms. The highest BCUT2D eigenvalue weighted by atomic mass is 35.5. The minimum absolute atomic E-state index is 0.0907. The normalized spacial score (nSPS) is 11.4. The first-order chi connectivity index (χ1) is 12.1. The Morgan fingerprint density at radius 2 is 1.32 bits per heavy atom. The number of rotatable bonds is 4. The van der Waals surface area contributed by atoms with Crippen molar-refractivity contribution in [3.63, 3.8) is 0 Å². The zero-order valence-electron chi connectivity index (χ0n) is 13.0. The highest BCUT2D eigenvalue weighted by Crippen LogP contribution is 2.25. The van der Waals surface area contributed by atoms with E-state index in [1.165, 1.54) is 12.3 Å². The quantitative estimate of drug-likeness (QED) is 0.452. The summed E-state index contributed by atoms with van der Waals surface area (Å²) in [5.41, 5.74) is 2.43. The van der Waals surface area contributed by atoms with Gasteiger partial charge in [-0.2, -0.15) is 10.2 Å². The Kier molecular flexibility index (Phi) is 5.06. The van der Waals surface area contributed by atoms with Gasteiger partial charge >= 0.3 is 0 Å². The van der Waals surface area contributed by atoms with Crippen molar-refractivity contribution in [1.82, 2.24) is 0 Å². The molecule has 0 radical (unpaired) electrons. The van der Waals surface area contributed by atoms with Crippen molar-refractivity contribution in [2.75, 3.05) is 0 Å². The second kappa shape index (κ2) is 7.59. The van der Waals surface area contributed by atoms with E-state index >= 15 is 0 Å². The predicted molar refractivity (Wildman–Crippen MR) is 99.1 cm³/mol. The van der Waals surface area contributed by atoms with Crippen molar-refractivity contribution < 1.29 is 10.2 Å². The molecule has 0 bridgehead atoms. The van der Waals surface area contributed by atoms with Crippen molar-refractivity contribution in [1.29, 1.82) is 0 Å². The number of hydrogen-bond donors (Lipinski definition) is 2. The molecule has 0 aliphatic carbocycles. The summed E-state index contributed by atoms with van der Waals surface area (Å²) in [6.07, 6.45) is 1.53. The molecule has 0 aliphatic rings. The molecule has 0 saturated carbocycles. The third kappa shape index (κ3) is 4.65. The molecule has 5 nitrogen and oxygen atoms in total. The first kappa shape index (κ1) is 16.7. The first-order valence-corrected chi connectivity index (χ1v) is 7.81. The maximum atomic E-state index is 9.95. The molecule has 0 aliphatic heterocycles. The number of halogens is 1. The predicted octanol–water partition coefficient (Wildman–Crippen LogP) is 5.92. The SMILES string of the molecule is Oc1ccc(N=Cc2cc(N=Nc3ccc(Cl)cc3)ccc2O)cc1. The molecule has 0 spiro atoms. The van der Waals surface area contributed by atoms with E-state index in [9.17, 15) is 10.2 Å². The van der Waals surface area contributed by atoms with E-state index in [0.717, 1.165) is 0 Å². The Morgan fingerprint density at radius 1 is 0.720 bits per heavy atom. The number of azo groups is 1. The van der Waals surface area contributed by atoms with E-state index in [4.69, 9.17) is 11.6 Å². The smallest absolute Gasteiger partial charge is 0.124 e. The average Bonchev–Trinajstić information content (AvgIpc) is 2.62. The van der Waals surface area contributed by atoms with Gasteiger partial charge in [0.25, 0.3) is 0 Å². The van der Waals surface area contributed by atoms with Gasteiger partial charge in [-0.1, -0.05) is 11.6 Å². The first-order valence-electron chi connectivity index (χ1n) is 7.43. The second-order valence-corrected chi connectivity index (χ2v) is 5.63. The zero-order chi connectivity index (χ0) is 17.6. The van der Waals surface area contributed by atoms with Crippen LogP contribution < -0.4 is 0 Å². The van der Waals surface area contributed by atoms with Crippen LogP contribution in [0.1, 0.15) is 5.56 Å². The van der Waals surface area contributed by atoms with Gasteiger partial charge in [0.05, 0.1) is 17.1 Å². The number of hydrogen-bond acceptors (Lipinski definition) is 5. The Hall–Kier alpha value is -3.18. The summed E-state index contributed by atoms with van der Waals surface area (Å²) in [4.78, 5) is 4.26. The molecule has 0 atom stereocenters. The Morgan fingerprint density at radius 3 is 2.04 bits per heavy atom. The van der Waals surface area contributed by atoms with Crippen LogP contribution in [0.3, 0.4) is 0 Å². The Balaban J connectivity index is 1.80. The summed E-state index contributed by atoms with van der Waals surface area (Å²) >= 11 is 5.83. The Labute approximate surface area is 149 Å². The topological polar surface area (TPSA) is 77.5 Å².